The zero-order valence-corrected chi connectivity index (χ0v) is 17.6. The predicted molar refractivity (Wildman–Crippen MR) is 120 cm³/mol. The largest absolute Gasteiger partial charge is 0.457 e. The zero-order chi connectivity index (χ0) is 20.7. The lowest BCUT2D eigenvalue weighted by atomic mass is 9.99. The van der Waals surface area contributed by atoms with Crippen molar-refractivity contribution in [3.05, 3.63) is 90.5 Å². The van der Waals surface area contributed by atoms with Crippen LogP contribution in [0.3, 0.4) is 0 Å². The molecule has 1 aliphatic heterocycles. The Morgan fingerprint density at radius 2 is 1.47 bits per heavy atom. The molecular formula is C25H25NO3S. The first-order valence-electron chi connectivity index (χ1n) is 10.2. The average Bonchev–Trinajstić information content (AvgIpc) is 2.80. The summed E-state index contributed by atoms with van der Waals surface area (Å²) in [7, 11) is 0. The first-order valence-corrected chi connectivity index (χ1v) is 11.0. The second kappa shape index (κ2) is 9.83. The maximum Gasteiger partial charge on any atom is 0.251 e. The highest BCUT2D eigenvalue weighted by Gasteiger charge is 2.34. The second-order valence-electron chi connectivity index (χ2n) is 7.33. The van der Waals surface area contributed by atoms with Gasteiger partial charge in [0, 0.05) is 35.0 Å². The lowest BCUT2D eigenvalue weighted by Gasteiger charge is -2.36. The van der Waals surface area contributed by atoms with E-state index in [-0.39, 0.29) is 10.7 Å². The molecule has 0 aromatic heterocycles. The van der Waals surface area contributed by atoms with Crippen LogP contribution in [0.1, 0.15) is 23.2 Å². The Kier molecular flexibility index (Phi) is 6.72. The lowest BCUT2D eigenvalue weighted by Crippen LogP contribution is -2.44. The number of carbonyl (C=O) groups excluding carboxylic acids is 1. The van der Waals surface area contributed by atoms with Gasteiger partial charge in [0.15, 0.2) is 0 Å². The zero-order valence-electron chi connectivity index (χ0n) is 16.8. The van der Waals surface area contributed by atoms with Crippen LogP contribution < -0.4 is 10.1 Å². The summed E-state index contributed by atoms with van der Waals surface area (Å²) < 4.78 is 11.3. The van der Waals surface area contributed by atoms with Crippen LogP contribution in [-0.4, -0.2) is 30.4 Å². The molecule has 4 nitrogen and oxygen atoms in total. The third-order valence-electron chi connectivity index (χ3n) is 5.15. The number of ether oxygens (including phenoxy) is 2. The van der Waals surface area contributed by atoms with E-state index in [2.05, 4.69) is 17.4 Å². The van der Waals surface area contributed by atoms with E-state index in [0.717, 1.165) is 31.8 Å². The van der Waals surface area contributed by atoms with Crippen LogP contribution in [0.15, 0.2) is 89.8 Å². The monoisotopic (exact) mass is 419 g/mol. The minimum absolute atomic E-state index is 0.0500. The van der Waals surface area contributed by atoms with Crippen molar-refractivity contribution in [2.24, 2.45) is 0 Å². The first-order chi connectivity index (χ1) is 14.7. The molecule has 30 heavy (non-hydrogen) atoms. The van der Waals surface area contributed by atoms with Gasteiger partial charge in [0.25, 0.3) is 5.91 Å². The number of nitrogens with one attached hydrogen (secondary N) is 1. The summed E-state index contributed by atoms with van der Waals surface area (Å²) >= 11 is 1.84. The van der Waals surface area contributed by atoms with Crippen molar-refractivity contribution < 1.29 is 14.3 Å². The molecule has 154 valence electrons. The number of hydrogen-bond donors (Lipinski definition) is 1. The van der Waals surface area contributed by atoms with Crippen LogP contribution in [0.2, 0.25) is 0 Å². The molecule has 5 heteroatoms. The van der Waals surface area contributed by atoms with Gasteiger partial charge in [-0.3, -0.25) is 4.79 Å². The highest BCUT2D eigenvalue weighted by atomic mass is 32.2. The van der Waals surface area contributed by atoms with Crippen molar-refractivity contribution in [2.45, 2.75) is 22.5 Å². The molecule has 3 aromatic rings. The van der Waals surface area contributed by atoms with Gasteiger partial charge in [-0.2, -0.15) is 0 Å². The number of hydrogen-bond acceptors (Lipinski definition) is 4. The fraction of sp³-hybridized carbons (Fsp3) is 0.240. The molecule has 0 saturated carbocycles. The number of benzene rings is 3. The van der Waals surface area contributed by atoms with E-state index in [0.29, 0.717) is 17.9 Å². The van der Waals surface area contributed by atoms with Crippen molar-refractivity contribution in [3.8, 4) is 11.5 Å². The van der Waals surface area contributed by atoms with Gasteiger partial charge in [-0.05, 0) is 61.4 Å². The topological polar surface area (TPSA) is 47.6 Å². The second-order valence-corrected chi connectivity index (χ2v) is 8.87. The van der Waals surface area contributed by atoms with Crippen molar-refractivity contribution in [1.29, 1.82) is 0 Å². The Morgan fingerprint density at radius 1 is 0.867 bits per heavy atom. The Bertz CT molecular complexity index is 939. The van der Waals surface area contributed by atoms with E-state index in [1.165, 1.54) is 4.90 Å². The summed E-state index contributed by atoms with van der Waals surface area (Å²) in [5.41, 5.74) is 0.627. The van der Waals surface area contributed by atoms with E-state index in [1.54, 1.807) is 12.1 Å². The fourth-order valence-corrected chi connectivity index (χ4v) is 4.75. The molecule has 0 aliphatic carbocycles. The van der Waals surface area contributed by atoms with E-state index in [1.807, 2.05) is 72.4 Å². The van der Waals surface area contributed by atoms with Gasteiger partial charge in [0.1, 0.15) is 11.5 Å². The maximum absolute atomic E-state index is 12.8. The van der Waals surface area contributed by atoms with E-state index < -0.39 is 0 Å². The van der Waals surface area contributed by atoms with Crippen LogP contribution in [0.4, 0.5) is 0 Å². The first kappa shape index (κ1) is 20.5. The molecule has 0 bridgehead atoms. The maximum atomic E-state index is 12.8. The minimum atomic E-state index is -0.0687. The summed E-state index contributed by atoms with van der Waals surface area (Å²) in [5.74, 6) is 1.41. The SMILES string of the molecule is O=C(NCC1(Sc2ccccc2)CCOCC1)c1ccc(Oc2ccccc2)cc1. The number of thioether (sulfide) groups is 1. The van der Waals surface area contributed by atoms with Crippen molar-refractivity contribution in [3.63, 3.8) is 0 Å². The number of amides is 1. The molecule has 1 fully saturated rings. The molecule has 1 saturated heterocycles. The molecule has 1 aliphatic rings. The summed E-state index contributed by atoms with van der Waals surface area (Å²) in [6.45, 7) is 2.06. The van der Waals surface area contributed by atoms with E-state index >= 15 is 0 Å². The molecule has 0 radical (unpaired) electrons. The highest BCUT2D eigenvalue weighted by Crippen LogP contribution is 2.40. The Morgan fingerprint density at radius 3 is 2.13 bits per heavy atom. The molecule has 0 unspecified atom stereocenters. The smallest absolute Gasteiger partial charge is 0.251 e. The Labute approximate surface area is 181 Å². The number of para-hydroxylation sites is 1. The molecule has 1 heterocycles. The highest BCUT2D eigenvalue weighted by molar-refractivity contribution is 8.00. The quantitative estimate of drug-likeness (QED) is 0.545. The van der Waals surface area contributed by atoms with Gasteiger partial charge < -0.3 is 14.8 Å². The van der Waals surface area contributed by atoms with Gasteiger partial charge >= 0.3 is 0 Å². The third-order valence-corrected chi connectivity index (χ3v) is 6.64. The summed E-state index contributed by atoms with van der Waals surface area (Å²) in [5, 5.41) is 3.14. The molecular weight excluding hydrogens is 394 g/mol. The van der Waals surface area contributed by atoms with Crippen LogP contribution >= 0.6 is 11.8 Å². The van der Waals surface area contributed by atoms with Crippen molar-refractivity contribution in [1.82, 2.24) is 5.32 Å². The molecule has 0 spiro atoms. The molecule has 3 aromatic carbocycles. The van der Waals surface area contributed by atoms with Crippen LogP contribution in [0.25, 0.3) is 0 Å². The van der Waals surface area contributed by atoms with Gasteiger partial charge in [-0.25, -0.2) is 0 Å². The Balaban J connectivity index is 1.38. The predicted octanol–water partition coefficient (Wildman–Crippen LogP) is 5.55. The molecule has 0 atom stereocenters. The van der Waals surface area contributed by atoms with Gasteiger partial charge in [0.05, 0.1) is 0 Å². The molecule has 4 rings (SSSR count). The average molecular weight is 420 g/mol. The van der Waals surface area contributed by atoms with E-state index in [4.69, 9.17) is 9.47 Å². The number of carbonyl (C=O) groups is 1. The summed E-state index contributed by atoms with van der Waals surface area (Å²) in [6.07, 6.45) is 1.83. The van der Waals surface area contributed by atoms with Gasteiger partial charge in [-0.1, -0.05) is 36.4 Å². The van der Waals surface area contributed by atoms with Gasteiger partial charge in [-0.15, -0.1) is 11.8 Å². The normalized spacial score (nSPS) is 15.3. The third kappa shape index (κ3) is 5.43. The summed E-state index contributed by atoms with van der Waals surface area (Å²) in [4.78, 5) is 14.0. The van der Waals surface area contributed by atoms with E-state index in [9.17, 15) is 4.79 Å². The lowest BCUT2D eigenvalue weighted by molar-refractivity contribution is 0.0741. The van der Waals surface area contributed by atoms with Gasteiger partial charge in [0.2, 0.25) is 0 Å². The van der Waals surface area contributed by atoms with Crippen molar-refractivity contribution >= 4 is 17.7 Å². The molecule has 1 amide bonds. The Hall–Kier alpha value is -2.76. The van der Waals surface area contributed by atoms with Crippen molar-refractivity contribution in [2.75, 3.05) is 19.8 Å². The van der Waals surface area contributed by atoms with Crippen LogP contribution in [-0.2, 0) is 4.74 Å². The summed E-state index contributed by atoms with van der Waals surface area (Å²) in [6, 6.07) is 27.2. The molecule has 1 N–H and O–H groups in total. The standard InChI is InChI=1S/C25H25NO3S/c27-24(20-11-13-22(14-12-20)29-21-7-3-1-4-8-21)26-19-25(15-17-28-18-16-25)30-23-9-5-2-6-10-23/h1-14H,15-19H2,(H,26,27). The van der Waals surface area contributed by atoms with Crippen LogP contribution in [0.5, 0.6) is 11.5 Å². The number of rotatable bonds is 7. The van der Waals surface area contributed by atoms with Crippen LogP contribution in [0, 0.1) is 0 Å². The fourth-order valence-electron chi connectivity index (χ4n) is 3.44. The minimum Gasteiger partial charge on any atom is -0.457 e.